The molecule has 0 unspecified atom stereocenters. The fraction of sp³-hybridized carbons (Fsp3) is 0.111. The highest BCUT2D eigenvalue weighted by atomic mass is 32.1. The number of aromatic nitrogens is 1. The van der Waals surface area contributed by atoms with E-state index in [-0.39, 0.29) is 28.5 Å². The predicted octanol–water partition coefficient (Wildman–Crippen LogP) is 3.68. The molecule has 0 saturated heterocycles. The number of amides is 3. The number of methoxy groups -OCH3 is 1. The Bertz CT molecular complexity index is 1460. The van der Waals surface area contributed by atoms with E-state index in [1.807, 2.05) is 30.3 Å². The molecule has 9 nitrogen and oxygen atoms in total. The van der Waals surface area contributed by atoms with E-state index in [9.17, 15) is 18.8 Å². The van der Waals surface area contributed by atoms with Crippen molar-refractivity contribution in [3.05, 3.63) is 106 Å². The molecule has 0 aliphatic carbocycles. The minimum absolute atomic E-state index is 0.0901. The van der Waals surface area contributed by atoms with Crippen molar-refractivity contribution in [3.8, 4) is 5.75 Å². The lowest BCUT2D eigenvalue weighted by Gasteiger charge is -2.32. The van der Waals surface area contributed by atoms with E-state index in [4.69, 9.17) is 16.2 Å². The number of nitrogens with one attached hydrogen (secondary N) is 1. The smallest absolute Gasteiger partial charge is 0.273 e. The summed E-state index contributed by atoms with van der Waals surface area (Å²) in [4.78, 5) is 40.7. The van der Waals surface area contributed by atoms with Crippen LogP contribution in [0, 0.1) is 5.82 Å². The van der Waals surface area contributed by atoms with Crippen molar-refractivity contribution in [2.24, 2.45) is 5.73 Å². The standard InChI is InChI=1S/C27H24FN5O4S/c1-37-20-10-6-5-9-19(20)33(27(36)24-21(29)22(25(30)34)32-38-24)23(17-11-13-18(28)14-12-17)26(35)31-15-16-7-3-2-4-8-16/h2-14,23H,15,29H2,1H3,(H2,30,34)(H,31,35)/t23-/m0/s1. The van der Waals surface area contributed by atoms with Crippen molar-refractivity contribution in [2.45, 2.75) is 12.6 Å². The number of hydrogen-bond donors (Lipinski definition) is 3. The lowest BCUT2D eigenvalue weighted by Crippen LogP contribution is -2.44. The topological polar surface area (TPSA) is 141 Å². The zero-order valence-corrected chi connectivity index (χ0v) is 21.1. The maximum absolute atomic E-state index is 14.1. The van der Waals surface area contributed by atoms with Gasteiger partial charge in [-0.3, -0.25) is 19.3 Å². The number of rotatable bonds is 9. The van der Waals surface area contributed by atoms with Crippen LogP contribution in [0.5, 0.6) is 5.75 Å². The molecule has 0 aliphatic heterocycles. The Morgan fingerprint density at radius 2 is 1.68 bits per heavy atom. The Morgan fingerprint density at radius 1 is 1.03 bits per heavy atom. The number of hydrogen-bond acceptors (Lipinski definition) is 7. The largest absolute Gasteiger partial charge is 0.495 e. The van der Waals surface area contributed by atoms with Crippen molar-refractivity contribution >= 4 is 40.6 Å². The minimum Gasteiger partial charge on any atom is -0.495 e. The van der Waals surface area contributed by atoms with Gasteiger partial charge in [0.05, 0.1) is 18.5 Å². The minimum atomic E-state index is -1.28. The molecular formula is C27H24FN5O4S. The van der Waals surface area contributed by atoms with Crippen LogP contribution in [-0.2, 0) is 11.3 Å². The van der Waals surface area contributed by atoms with Gasteiger partial charge in [0.1, 0.15) is 22.5 Å². The molecule has 4 aromatic rings. The zero-order valence-electron chi connectivity index (χ0n) is 20.3. The van der Waals surface area contributed by atoms with E-state index < -0.39 is 29.6 Å². The second kappa shape index (κ2) is 11.5. The molecule has 1 atom stereocenters. The summed E-state index contributed by atoms with van der Waals surface area (Å²) in [5.41, 5.74) is 12.4. The van der Waals surface area contributed by atoms with E-state index in [2.05, 4.69) is 9.69 Å². The van der Waals surface area contributed by atoms with Gasteiger partial charge in [0.15, 0.2) is 5.69 Å². The summed E-state index contributed by atoms with van der Waals surface area (Å²) in [6.07, 6.45) is 0. The number of carbonyl (C=O) groups is 3. The van der Waals surface area contributed by atoms with Crippen LogP contribution in [0.2, 0.25) is 0 Å². The van der Waals surface area contributed by atoms with E-state index in [1.54, 1.807) is 24.3 Å². The second-order valence-corrected chi connectivity index (χ2v) is 8.92. The van der Waals surface area contributed by atoms with Gasteiger partial charge in [-0.25, -0.2) is 4.39 Å². The van der Waals surface area contributed by atoms with Crippen LogP contribution in [-0.4, -0.2) is 29.2 Å². The number of benzene rings is 3. The first-order chi connectivity index (χ1) is 18.3. The average molecular weight is 534 g/mol. The molecule has 1 aromatic heterocycles. The van der Waals surface area contributed by atoms with Crippen molar-refractivity contribution in [1.29, 1.82) is 0 Å². The van der Waals surface area contributed by atoms with Crippen LogP contribution in [0.4, 0.5) is 15.8 Å². The maximum Gasteiger partial charge on any atom is 0.273 e. The van der Waals surface area contributed by atoms with Crippen molar-refractivity contribution in [2.75, 3.05) is 17.7 Å². The summed E-state index contributed by atoms with van der Waals surface area (Å²) in [6, 6.07) is 19.8. The molecule has 3 amide bonds. The summed E-state index contributed by atoms with van der Waals surface area (Å²) < 4.78 is 23.3. The fourth-order valence-electron chi connectivity index (χ4n) is 3.88. The molecule has 0 radical (unpaired) electrons. The molecule has 1 heterocycles. The number of primary amides is 1. The molecule has 4 rings (SSSR count). The summed E-state index contributed by atoms with van der Waals surface area (Å²) in [5.74, 6) is -2.37. The van der Waals surface area contributed by atoms with Gasteiger partial charge in [-0.15, -0.1) is 0 Å². The highest BCUT2D eigenvalue weighted by Gasteiger charge is 2.37. The third kappa shape index (κ3) is 5.47. The molecule has 194 valence electrons. The lowest BCUT2D eigenvalue weighted by atomic mass is 10.0. The number of nitrogens with zero attached hydrogens (tertiary/aromatic N) is 2. The monoisotopic (exact) mass is 533 g/mol. The maximum atomic E-state index is 14.1. The number of para-hydroxylation sites is 2. The Morgan fingerprint density at radius 3 is 2.32 bits per heavy atom. The van der Waals surface area contributed by atoms with Gasteiger partial charge in [-0.1, -0.05) is 54.6 Å². The van der Waals surface area contributed by atoms with Crippen LogP contribution >= 0.6 is 11.5 Å². The first-order valence-electron chi connectivity index (χ1n) is 11.4. The summed E-state index contributed by atoms with van der Waals surface area (Å²) >= 11 is 0.686. The predicted molar refractivity (Wildman–Crippen MR) is 142 cm³/mol. The first-order valence-corrected chi connectivity index (χ1v) is 12.2. The first kappa shape index (κ1) is 26.3. The van der Waals surface area contributed by atoms with Gasteiger partial charge in [0.25, 0.3) is 11.8 Å². The van der Waals surface area contributed by atoms with Gasteiger partial charge < -0.3 is 21.5 Å². The molecular weight excluding hydrogens is 509 g/mol. The van der Waals surface area contributed by atoms with Crippen LogP contribution in [0.15, 0.2) is 78.9 Å². The normalized spacial score (nSPS) is 11.4. The van der Waals surface area contributed by atoms with Crippen molar-refractivity contribution in [1.82, 2.24) is 9.69 Å². The number of carbonyl (C=O) groups excluding carboxylic acids is 3. The Labute approximate surface area is 222 Å². The van der Waals surface area contributed by atoms with Gasteiger partial charge >= 0.3 is 0 Å². The lowest BCUT2D eigenvalue weighted by molar-refractivity contribution is -0.122. The van der Waals surface area contributed by atoms with Gasteiger partial charge in [0.2, 0.25) is 5.91 Å². The SMILES string of the molecule is COc1ccccc1N(C(=O)c1snc(C(N)=O)c1N)[C@H](C(=O)NCc1ccccc1)c1ccc(F)cc1. The highest BCUT2D eigenvalue weighted by molar-refractivity contribution is 7.09. The molecule has 3 aromatic carbocycles. The van der Waals surface area contributed by atoms with E-state index in [0.29, 0.717) is 22.8 Å². The number of nitrogen functional groups attached to an aromatic ring is 1. The summed E-state index contributed by atoms with van der Waals surface area (Å²) in [6.45, 7) is 0.180. The third-order valence-corrected chi connectivity index (χ3v) is 6.57. The number of halogens is 1. The van der Waals surface area contributed by atoms with Gasteiger partial charge in [-0.2, -0.15) is 4.37 Å². The molecule has 38 heavy (non-hydrogen) atoms. The molecule has 0 aliphatic rings. The number of anilines is 2. The molecule has 0 fully saturated rings. The number of ether oxygens (including phenoxy) is 1. The molecule has 11 heteroatoms. The Hall–Kier alpha value is -4.77. The van der Waals surface area contributed by atoms with Gasteiger partial charge in [-0.05, 0) is 46.9 Å². The zero-order chi connectivity index (χ0) is 27.2. The van der Waals surface area contributed by atoms with Crippen LogP contribution in [0.3, 0.4) is 0 Å². The molecule has 5 N–H and O–H groups in total. The fourth-order valence-corrected chi connectivity index (χ4v) is 4.62. The van der Waals surface area contributed by atoms with Crippen molar-refractivity contribution in [3.63, 3.8) is 0 Å². The van der Waals surface area contributed by atoms with Crippen molar-refractivity contribution < 1.29 is 23.5 Å². The average Bonchev–Trinajstić information content (AvgIpc) is 3.32. The van der Waals surface area contributed by atoms with Crippen LogP contribution in [0.25, 0.3) is 0 Å². The molecule has 0 saturated carbocycles. The quantitative estimate of drug-likeness (QED) is 0.300. The molecule has 0 spiro atoms. The highest BCUT2D eigenvalue weighted by Crippen LogP contribution is 2.38. The van der Waals surface area contributed by atoms with Crippen LogP contribution < -0.4 is 26.4 Å². The van der Waals surface area contributed by atoms with Gasteiger partial charge in [0, 0.05) is 6.54 Å². The summed E-state index contributed by atoms with van der Waals surface area (Å²) in [5, 5.41) is 2.86. The van der Waals surface area contributed by atoms with E-state index >= 15 is 0 Å². The molecule has 0 bridgehead atoms. The third-order valence-electron chi connectivity index (χ3n) is 5.72. The second-order valence-electron chi connectivity index (χ2n) is 8.14. The number of nitrogens with two attached hydrogens (primary N) is 2. The van der Waals surface area contributed by atoms with Crippen LogP contribution in [0.1, 0.15) is 37.3 Å². The Kier molecular flexibility index (Phi) is 7.97. The summed E-state index contributed by atoms with van der Waals surface area (Å²) in [7, 11) is 1.43. The van der Waals surface area contributed by atoms with E-state index in [1.165, 1.54) is 36.3 Å². The van der Waals surface area contributed by atoms with E-state index in [0.717, 1.165) is 5.56 Å². The Balaban J connectivity index is 1.86.